The molecule has 0 radical (unpaired) electrons. The first-order valence-electron chi connectivity index (χ1n) is 6.37. The maximum Gasteiger partial charge on any atom is 0.259 e. The number of halogens is 1. The SMILES string of the molecule is COc1ccc(OC)c(C(=O)Nc2ccccc2CBr)c1. The molecule has 0 atom stereocenters. The Morgan fingerprint density at radius 1 is 1.14 bits per heavy atom. The molecule has 0 heterocycles. The Labute approximate surface area is 132 Å². The van der Waals surface area contributed by atoms with Gasteiger partial charge in [-0.2, -0.15) is 0 Å². The van der Waals surface area contributed by atoms with Crippen LogP contribution in [0.4, 0.5) is 5.69 Å². The first-order valence-corrected chi connectivity index (χ1v) is 7.49. The maximum absolute atomic E-state index is 12.5. The molecule has 5 heteroatoms. The second-order valence-electron chi connectivity index (χ2n) is 4.31. The summed E-state index contributed by atoms with van der Waals surface area (Å²) < 4.78 is 10.4. The van der Waals surface area contributed by atoms with Crippen molar-refractivity contribution in [3.8, 4) is 11.5 Å². The van der Waals surface area contributed by atoms with E-state index in [1.165, 1.54) is 7.11 Å². The Morgan fingerprint density at radius 2 is 1.90 bits per heavy atom. The van der Waals surface area contributed by atoms with Gasteiger partial charge in [-0.25, -0.2) is 0 Å². The van der Waals surface area contributed by atoms with Crippen molar-refractivity contribution in [3.05, 3.63) is 53.6 Å². The molecular formula is C16H16BrNO3. The monoisotopic (exact) mass is 349 g/mol. The summed E-state index contributed by atoms with van der Waals surface area (Å²) in [5.41, 5.74) is 2.21. The minimum Gasteiger partial charge on any atom is -0.497 e. The van der Waals surface area contributed by atoms with Crippen molar-refractivity contribution in [2.24, 2.45) is 0 Å². The van der Waals surface area contributed by atoms with Gasteiger partial charge in [0.15, 0.2) is 0 Å². The van der Waals surface area contributed by atoms with Gasteiger partial charge in [-0.05, 0) is 29.8 Å². The van der Waals surface area contributed by atoms with Gasteiger partial charge in [0, 0.05) is 11.0 Å². The van der Waals surface area contributed by atoms with Crippen molar-refractivity contribution in [1.82, 2.24) is 0 Å². The highest BCUT2D eigenvalue weighted by Gasteiger charge is 2.15. The van der Waals surface area contributed by atoms with E-state index in [1.807, 2.05) is 24.3 Å². The number of carbonyl (C=O) groups excluding carboxylic acids is 1. The van der Waals surface area contributed by atoms with E-state index in [1.54, 1.807) is 25.3 Å². The van der Waals surface area contributed by atoms with Crippen molar-refractivity contribution < 1.29 is 14.3 Å². The Morgan fingerprint density at radius 3 is 2.57 bits per heavy atom. The van der Waals surface area contributed by atoms with Crippen LogP contribution in [0.25, 0.3) is 0 Å². The average molecular weight is 350 g/mol. The summed E-state index contributed by atoms with van der Waals surface area (Å²) in [5.74, 6) is 0.874. The minimum atomic E-state index is -0.237. The number of alkyl halides is 1. The van der Waals surface area contributed by atoms with Crippen LogP contribution in [0.3, 0.4) is 0 Å². The van der Waals surface area contributed by atoms with Gasteiger partial charge in [-0.15, -0.1) is 0 Å². The number of benzene rings is 2. The van der Waals surface area contributed by atoms with E-state index in [9.17, 15) is 4.79 Å². The molecule has 0 aliphatic rings. The number of para-hydroxylation sites is 1. The van der Waals surface area contributed by atoms with E-state index in [0.29, 0.717) is 22.4 Å². The van der Waals surface area contributed by atoms with Crippen LogP contribution < -0.4 is 14.8 Å². The van der Waals surface area contributed by atoms with Gasteiger partial charge >= 0.3 is 0 Å². The summed E-state index contributed by atoms with van der Waals surface area (Å²) in [6, 6.07) is 12.7. The van der Waals surface area contributed by atoms with E-state index >= 15 is 0 Å². The van der Waals surface area contributed by atoms with Gasteiger partial charge in [-0.3, -0.25) is 4.79 Å². The molecule has 0 saturated carbocycles. The molecule has 0 unspecified atom stereocenters. The largest absolute Gasteiger partial charge is 0.497 e. The highest BCUT2D eigenvalue weighted by molar-refractivity contribution is 9.08. The topological polar surface area (TPSA) is 47.6 Å². The lowest BCUT2D eigenvalue weighted by Crippen LogP contribution is -2.14. The zero-order chi connectivity index (χ0) is 15.2. The minimum absolute atomic E-state index is 0.237. The van der Waals surface area contributed by atoms with Crippen molar-refractivity contribution in [2.75, 3.05) is 19.5 Å². The van der Waals surface area contributed by atoms with Gasteiger partial charge in [0.2, 0.25) is 0 Å². The van der Waals surface area contributed by atoms with Crippen LogP contribution in [-0.2, 0) is 5.33 Å². The molecule has 2 aromatic rings. The number of hydrogen-bond donors (Lipinski definition) is 1. The van der Waals surface area contributed by atoms with Gasteiger partial charge in [0.1, 0.15) is 11.5 Å². The molecule has 1 N–H and O–H groups in total. The Kier molecular flexibility index (Phi) is 5.22. The van der Waals surface area contributed by atoms with Crippen LogP contribution in [0.5, 0.6) is 11.5 Å². The van der Waals surface area contributed by atoms with Gasteiger partial charge in [-0.1, -0.05) is 34.1 Å². The fraction of sp³-hybridized carbons (Fsp3) is 0.188. The number of nitrogens with one attached hydrogen (secondary N) is 1. The van der Waals surface area contributed by atoms with Crippen LogP contribution >= 0.6 is 15.9 Å². The van der Waals surface area contributed by atoms with Crippen molar-refractivity contribution in [1.29, 1.82) is 0 Å². The van der Waals surface area contributed by atoms with Crippen LogP contribution in [-0.4, -0.2) is 20.1 Å². The molecule has 0 bridgehead atoms. The number of methoxy groups -OCH3 is 2. The van der Waals surface area contributed by atoms with Crippen molar-refractivity contribution in [2.45, 2.75) is 5.33 Å². The second-order valence-corrected chi connectivity index (χ2v) is 4.87. The van der Waals surface area contributed by atoms with Crippen molar-refractivity contribution >= 4 is 27.5 Å². The Bertz CT molecular complexity index is 643. The van der Waals surface area contributed by atoms with E-state index < -0.39 is 0 Å². The van der Waals surface area contributed by atoms with E-state index in [-0.39, 0.29) is 5.91 Å². The molecule has 4 nitrogen and oxygen atoms in total. The third-order valence-electron chi connectivity index (χ3n) is 3.06. The molecule has 0 aromatic heterocycles. The molecule has 21 heavy (non-hydrogen) atoms. The summed E-state index contributed by atoms with van der Waals surface area (Å²) in [4.78, 5) is 12.5. The molecule has 1 amide bonds. The third-order valence-corrected chi connectivity index (χ3v) is 3.66. The molecule has 0 saturated heterocycles. The first kappa shape index (κ1) is 15.4. The Hall–Kier alpha value is -2.01. The lowest BCUT2D eigenvalue weighted by atomic mass is 10.1. The number of rotatable bonds is 5. The molecule has 0 fully saturated rings. The number of hydrogen-bond acceptors (Lipinski definition) is 3. The first-order chi connectivity index (χ1) is 10.2. The zero-order valence-electron chi connectivity index (χ0n) is 11.9. The number of anilines is 1. The normalized spacial score (nSPS) is 10.0. The molecule has 110 valence electrons. The van der Waals surface area contributed by atoms with Crippen LogP contribution in [0, 0.1) is 0 Å². The second kappa shape index (κ2) is 7.13. The summed E-state index contributed by atoms with van der Waals surface area (Å²) >= 11 is 3.41. The summed E-state index contributed by atoms with van der Waals surface area (Å²) in [7, 11) is 3.09. The van der Waals surface area contributed by atoms with E-state index in [4.69, 9.17) is 9.47 Å². The van der Waals surface area contributed by atoms with Crippen LogP contribution in [0.15, 0.2) is 42.5 Å². The summed E-state index contributed by atoms with van der Waals surface area (Å²) in [6.07, 6.45) is 0. The van der Waals surface area contributed by atoms with E-state index in [2.05, 4.69) is 21.2 Å². The standard InChI is InChI=1S/C16H16BrNO3/c1-20-12-7-8-15(21-2)13(9-12)16(19)18-14-6-4-3-5-11(14)10-17/h3-9H,10H2,1-2H3,(H,18,19). The fourth-order valence-electron chi connectivity index (χ4n) is 1.94. The summed E-state index contributed by atoms with van der Waals surface area (Å²) in [6.45, 7) is 0. The molecule has 0 spiro atoms. The fourth-order valence-corrected chi connectivity index (χ4v) is 2.43. The maximum atomic E-state index is 12.5. The Balaban J connectivity index is 2.31. The van der Waals surface area contributed by atoms with Gasteiger partial charge in [0.05, 0.1) is 19.8 Å². The number of carbonyl (C=O) groups is 1. The van der Waals surface area contributed by atoms with Crippen LogP contribution in [0.1, 0.15) is 15.9 Å². The highest BCUT2D eigenvalue weighted by Crippen LogP contribution is 2.26. The number of ether oxygens (including phenoxy) is 2. The molecule has 0 aliphatic heterocycles. The predicted molar refractivity (Wildman–Crippen MR) is 86.6 cm³/mol. The van der Waals surface area contributed by atoms with Gasteiger partial charge < -0.3 is 14.8 Å². The van der Waals surface area contributed by atoms with Gasteiger partial charge in [0.25, 0.3) is 5.91 Å². The van der Waals surface area contributed by atoms with E-state index in [0.717, 1.165) is 11.3 Å². The molecule has 2 rings (SSSR count). The average Bonchev–Trinajstić information content (AvgIpc) is 2.54. The molecular weight excluding hydrogens is 334 g/mol. The zero-order valence-corrected chi connectivity index (χ0v) is 13.4. The lowest BCUT2D eigenvalue weighted by Gasteiger charge is -2.12. The quantitative estimate of drug-likeness (QED) is 0.834. The van der Waals surface area contributed by atoms with Crippen molar-refractivity contribution in [3.63, 3.8) is 0 Å². The summed E-state index contributed by atoms with van der Waals surface area (Å²) in [5, 5.41) is 3.56. The number of amides is 1. The smallest absolute Gasteiger partial charge is 0.259 e. The predicted octanol–water partition coefficient (Wildman–Crippen LogP) is 3.85. The lowest BCUT2D eigenvalue weighted by molar-refractivity contribution is 0.102. The molecule has 2 aromatic carbocycles. The third kappa shape index (κ3) is 3.55. The highest BCUT2D eigenvalue weighted by atomic mass is 79.9. The van der Waals surface area contributed by atoms with Crippen LogP contribution in [0.2, 0.25) is 0 Å². The molecule has 0 aliphatic carbocycles.